The molecule has 7 N–H and O–H groups in total. The second-order valence-corrected chi connectivity index (χ2v) is 6.20. The Labute approximate surface area is 141 Å². The zero-order chi connectivity index (χ0) is 18.7. The van der Waals surface area contributed by atoms with Gasteiger partial charge in [-0.3, -0.25) is 19.8 Å². The summed E-state index contributed by atoms with van der Waals surface area (Å²) in [6.45, 7) is 5.50. The Morgan fingerprint density at radius 2 is 1.92 bits per heavy atom. The molecule has 0 bridgehead atoms. The lowest BCUT2D eigenvalue weighted by atomic mass is 9.70. The molecule has 0 aliphatic heterocycles. The molecule has 0 aromatic rings. The van der Waals surface area contributed by atoms with Gasteiger partial charge >= 0.3 is 5.97 Å². The normalized spacial score (nSPS) is 27.3. The maximum Gasteiger partial charge on any atom is 0.313 e. The van der Waals surface area contributed by atoms with Crippen LogP contribution in [0.5, 0.6) is 0 Å². The summed E-state index contributed by atoms with van der Waals surface area (Å²) in [5.74, 6) is -3.56. The molecule has 9 nitrogen and oxygen atoms in total. The van der Waals surface area contributed by atoms with Crippen molar-refractivity contribution in [3.8, 4) is 0 Å². The van der Waals surface area contributed by atoms with E-state index in [1.165, 1.54) is 11.8 Å². The molecule has 0 aromatic carbocycles. The van der Waals surface area contributed by atoms with E-state index in [2.05, 4.69) is 5.32 Å². The number of hydrogen-bond donors (Lipinski definition) is 5. The standard InChI is InChI=1S/C15H27N5O4/c1-4-20(5-2)13(22)11(19-8(3)21)15(14(23)24)7-9(16)6-10(15)12(17)18/h9-11H,4-7,16H2,1-3H3,(H3,17,18)(H,19,21)(H,23,24). The molecule has 4 unspecified atom stereocenters. The smallest absolute Gasteiger partial charge is 0.313 e. The Kier molecular flexibility index (Phi) is 6.30. The largest absolute Gasteiger partial charge is 0.481 e. The average Bonchev–Trinajstić information content (AvgIpc) is 2.84. The van der Waals surface area contributed by atoms with E-state index in [1.54, 1.807) is 13.8 Å². The van der Waals surface area contributed by atoms with Crippen LogP contribution in [0.2, 0.25) is 0 Å². The maximum atomic E-state index is 12.9. The van der Waals surface area contributed by atoms with Crippen molar-refractivity contribution in [2.24, 2.45) is 22.8 Å². The van der Waals surface area contributed by atoms with Gasteiger partial charge < -0.3 is 26.8 Å². The third-order valence-electron chi connectivity index (χ3n) is 4.72. The first kappa shape index (κ1) is 19.9. The molecule has 0 saturated heterocycles. The number of carbonyl (C=O) groups excluding carboxylic acids is 2. The summed E-state index contributed by atoms with van der Waals surface area (Å²) in [4.78, 5) is 38.2. The maximum absolute atomic E-state index is 12.9. The summed E-state index contributed by atoms with van der Waals surface area (Å²) >= 11 is 0. The van der Waals surface area contributed by atoms with Crippen molar-refractivity contribution in [1.82, 2.24) is 10.2 Å². The molecule has 1 rings (SSSR count). The van der Waals surface area contributed by atoms with E-state index in [4.69, 9.17) is 16.9 Å². The highest BCUT2D eigenvalue weighted by molar-refractivity contribution is 5.97. The molecule has 24 heavy (non-hydrogen) atoms. The van der Waals surface area contributed by atoms with E-state index in [1.807, 2.05) is 0 Å². The summed E-state index contributed by atoms with van der Waals surface area (Å²) in [6.07, 6.45) is 0.147. The van der Waals surface area contributed by atoms with E-state index >= 15 is 0 Å². The molecule has 0 aromatic heterocycles. The van der Waals surface area contributed by atoms with E-state index in [0.29, 0.717) is 13.1 Å². The monoisotopic (exact) mass is 341 g/mol. The predicted molar refractivity (Wildman–Crippen MR) is 88.2 cm³/mol. The lowest BCUT2D eigenvalue weighted by Gasteiger charge is -2.39. The summed E-state index contributed by atoms with van der Waals surface area (Å²) in [5.41, 5.74) is 9.82. The Morgan fingerprint density at radius 1 is 1.38 bits per heavy atom. The Hall–Kier alpha value is -2.16. The molecule has 0 heterocycles. The quantitative estimate of drug-likeness (QED) is 0.298. The van der Waals surface area contributed by atoms with Crippen LogP contribution in [-0.2, 0) is 14.4 Å². The van der Waals surface area contributed by atoms with Crippen LogP contribution in [0.15, 0.2) is 0 Å². The lowest BCUT2D eigenvalue weighted by molar-refractivity contribution is -0.158. The number of aliphatic carboxylic acids is 1. The van der Waals surface area contributed by atoms with E-state index in [0.717, 1.165) is 0 Å². The zero-order valence-electron chi connectivity index (χ0n) is 14.3. The molecule has 4 atom stereocenters. The molecular weight excluding hydrogens is 314 g/mol. The molecule has 1 aliphatic carbocycles. The summed E-state index contributed by atoms with van der Waals surface area (Å²) < 4.78 is 0. The van der Waals surface area contributed by atoms with Gasteiger partial charge in [0.05, 0.1) is 5.84 Å². The average molecular weight is 341 g/mol. The zero-order valence-corrected chi connectivity index (χ0v) is 14.3. The SMILES string of the molecule is CCN(CC)C(=O)C(NC(C)=O)C1(C(=O)O)CC(N)CC1C(=N)N. The molecule has 1 aliphatic rings. The van der Waals surface area contributed by atoms with Crippen LogP contribution in [0.1, 0.15) is 33.6 Å². The van der Waals surface area contributed by atoms with Crippen LogP contribution in [-0.4, -0.2) is 58.8 Å². The molecule has 0 radical (unpaired) electrons. The van der Waals surface area contributed by atoms with E-state index in [-0.39, 0.29) is 18.7 Å². The van der Waals surface area contributed by atoms with Gasteiger partial charge in [0.25, 0.3) is 0 Å². The van der Waals surface area contributed by atoms with Crippen molar-refractivity contribution in [1.29, 1.82) is 5.41 Å². The molecule has 0 spiro atoms. The van der Waals surface area contributed by atoms with Crippen LogP contribution >= 0.6 is 0 Å². The number of carboxylic acids is 1. The van der Waals surface area contributed by atoms with Crippen molar-refractivity contribution in [3.05, 3.63) is 0 Å². The number of likely N-dealkylation sites (N-methyl/N-ethyl adjacent to an activating group) is 1. The van der Waals surface area contributed by atoms with Crippen LogP contribution < -0.4 is 16.8 Å². The third-order valence-corrected chi connectivity index (χ3v) is 4.72. The number of rotatable bonds is 7. The minimum atomic E-state index is -1.73. The molecule has 1 fully saturated rings. The number of amides is 2. The Balaban J connectivity index is 3.48. The van der Waals surface area contributed by atoms with Gasteiger partial charge in [-0.2, -0.15) is 0 Å². The Morgan fingerprint density at radius 3 is 2.29 bits per heavy atom. The van der Waals surface area contributed by atoms with Crippen molar-refractivity contribution in [2.45, 2.75) is 45.7 Å². The van der Waals surface area contributed by atoms with Gasteiger partial charge in [0.1, 0.15) is 11.5 Å². The second-order valence-electron chi connectivity index (χ2n) is 6.20. The second kappa shape index (κ2) is 7.61. The number of carbonyl (C=O) groups is 3. The minimum Gasteiger partial charge on any atom is -0.481 e. The van der Waals surface area contributed by atoms with Gasteiger partial charge in [0.2, 0.25) is 11.8 Å². The topological polar surface area (TPSA) is 163 Å². The predicted octanol–water partition coefficient (Wildman–Crippen LogP) is -0.896. The first-order chi connectivity index (χ1) is 11.1. The molecule has 2 amide bonds. The Bertz CT molecular complexity index is 534. The molecule has 136 valence electrons. The summed E-state index contributed by atoms with van der Waals surface area (Å²) in [6, 6.07) is -1.84. The number of nitrogens with one attached hydrogen (secondary N) is 2. The van der Waals surface area contributed by atoms with Crippen LogP contribution in [0.25, 0.3) is 0 Å². The van der Waals surface area contributed by atoms with Gasteiger partial charge in [0, 0.05) is 32.0 Å². The van der Waals surface area contributed by atoms with Crippen molar-refractivity contribution >= 4 is 23.6 Å². The van der Waals surface area contributed by atoms with Gasteiger partial charge in [-0.25, -0.2) is 0 Å². The van der Waals surface area contributed by atoms with Crippen molar-refractivity contribution < 1.29 is 19.5 Å². The molecular formula is C15H27N5O4. The number of nitrogens with zero attached hydrogens (tertiary/aromatic N) is 1. The van der Waals surface area contributed by atoms with Crippen LogP contribution in [0, 0.1) is 16.7 Å². The summed E-state index contributed by atoms with van der Waals surface area (Å²) in [5, 5.41) is 20.2. The third kappa shape index (κ3) is 3.50. The fourth-order valence-electron chi connectivity index (χ4n) is 3.59. The van der Waals surface area contributed by atoms with E-state index < -0.39 is 41.2 Å². The first-order valence-electron chi connectivity index (χ1n) is 8.00. The number of nitrogens with two attached hydrogens (primary N) is 2. The van der Waals surface area contributed by atoms with Gasteiger partial charge in [0.15, 0.2) is 0 Å². The fraction of sp³-hybridized carbons (Fsp3) is 0.733. The van der Waals surface area contributed by atoms with Crippen molar-refractivity contribution in [3.63, 3.8) is 0 Å². The highest BCUT2D eigenvalue weighted by Crippen LogP contribution is 2.46. The lowest BCUT2D eigenvalue weighted by Crippen LogP contribution is -2.62. The highest BCUT2D eigenvalue weighted by atomic mass is 16.4. The van der Waals surface area contributed by atoms with Crippen LogP contribution in [0.4, 0.5) is 0 Å². The number of hydrogen-bond acceptors (Lipinski definition) is 5. The summed E-state index contributed by atoms with van der Waals surface area (Å²) in [7, 11) is 0. The van der Waals surface area contributed by atoms with Crippen LogP contribution in [0.3, 0.4) is 0 Å². The molecule has 1 saturated carbocycles. The highest BCUT2D eigenvalue weighted by Gasteiger charge is 2.61. The number of amidine groups is 1. The minimum absolute atomic E-state index is 0.0372. The van der Waals surface area contributed by atoms with Gasteiger partial charge in [-0.05, 0) is 26.7 Å². The van der Waals surface area contributed by atoms with Gasteiger partial charge in [-0.1, -0.05) is 0 Å². The van der Waals surface area contributed by atoms with Crippen molar-refractivity contribution in [2.75, 3.05) is 13.1 Å². The first-order valence-corrected chi connectivity index (χ1v) is 8.00. The number of carboxylic acid groups (broad SMARTS) is 1. The van der Waals surface area contributed by atoms with Gasteiger partial charge in [-0.15, -0.1) is 0 Å². The van der Waals surface area contributed by atoms with E-state index in [9.17, 15) is 19.5 Å². The molecule has 9 heteroatoms. The fourth-order valence-corrected chi connectivity index (χ4v) is 3.59.